The molecule has 0 saturated carbocycles. The first-order valence-corrected chi connectivity index (χ1v) is 5.84. The van der Waals surface area contributed by atoms with Crippen molar-refractivity contribution in [3.8, 4) is 5.75 Å². The highest BCUT2D eigenvalue weighted by molar-refractivity contribution is 5.91. The monoisotopic (exact) mass is 266 g/mol. The molecule has 0 spiro atoms. The van der Waals surface area contributed by atoms with Crippen LogP contribution in [0.1, 0.15) is 6.92 Å². The number of carbonyl (C=O) groups is 2. The average molecular weight is 266 g/mol. The van der Waals surface area contributed by atoms with E-state index < -0.39 is 11.9 Å². The van der Waals surface area contributed by atoms with E-state index in [0.717, 1.165) is 0 Å². The molecule has 0 fully saturated rings. The average Bonchev–Trinajstić information content (AvgIpc) is 2.43. The number of nitrogens with one attached hydrogen (secondary N) is 1. The lowest BCUT2D eigenvalue weighted by Crippen LogP contribution is -2.40. The number of methoxy groups -OCH3 is 1. The van der Waals surface area contributed by atoms with E-state index >= 15 is 0 Å². The third-order valence-corrected chi connectivity index (χ3v) is 2.75. The molecule has 0 saturated heterocycles. The summed E-state index contributed by atoms with van der Waals surface area (Å²) in [5.74, 6) is -0.849. The van der Waals surface area contributed by atoms with Gasteiger partial charge in [0.25, 0.3) is 0 Å². The Morgan fingerprint density at radius 1 is 1.37 bits per heavy atom. The van der Waals surface area contributed by atoms with Gasteiger partial charge in [-0.3, -0.25) is 9.69 Å². The Bertz CT molecular complexity index is 444. The summed E-state index contributed by atoms with van der Waals surface area (Å²) in [7, 11) is 3.18. The Morgan fingerprint density at radius 3 is 2.42 bits per heavy atom. The summed E-state index contributed by atoms with van der Waals surface area (Å²) in [6, 6.07) is 6.65. The summed E-state index contributed by atoms with van der Waals surface area (Å²) in [4.78, 5) is 23.9. The Kier molecular flexibility index (Phi) is 5.17. The smallest absolute Gasteiger partial charge is 0.321 e. The first kappa shape index (κ1) is 14.8. The molecule has 1 aromatic carbocycles. The summed E-state index contributed by atoms with van der Waals surface area (Å²) in [5.41, 5.74) is 0.696. The van der Waals surface area contributed by atoms with Crippen molar-refractivity contribution in [3.05, 3.63) is 24.3 Å². The van der Waals surface area contributed by atoms with Gasteiger partial charge < -0.3 is 15.2 Å². The highest BCUT2D eigenvalue weighted by Gasteiger charge is 2.15. The molecule has 1 atom stereocenters. The standard InChI is InChI=1S/C13H18N2O4/c1-9(12(16)17)8-14-13(18)15(2)10-4-6-11(19-3)7-5-10/h4-7,9H,8H2,1-3H3,(H,14,18)(H,16,17). The van der Waals surface area contributed by atoms with Crippen LogP contribution in [0.2, 0.25) is 0 Å². The highest BCUT2D eigenvalue weighted by Crippen LogP contribution is 2.18. The summed E-state index contributed by atoms with van der Waals surface area (Å²) in [6.45, 7) is 1.63. The van der Waals surface area contributed by atoms with Crippen LogP contribution in [0.25, 0.3) is 0 Å². The van der Waals surface area contributed by atoms with Crippen molar-refractivity contribution in [1.29, 1.82) is 0 Å². The minimum absolute atomic E-state index is 0.0919. The molecule has 19 heavy (non-hydrogen) atoms. The summed E-state index contributed by atoms with van der Waals surface area (Å²) in [5, 5.41) is 11.3. The fourth-order valence-corrected chi connectivity index (χ4v) is 1.37. The molecule has 1 rings (SSSR count). The Hall–Kier alpha value is -2.24. The predicted octanol–water partition coefficient (Wildman–Crippen LogP) is 1.56. The predicted molar refractivity (Wildman–Crippen MR) is 71.6 cm³/mol. The van der Waals surface area contributed by atoms with Crippen molar-refractivity contribution >= 4 is 17.7 Å². The molecule has 1 aromatic rings. The highest BCUT2D eigenvalue weighted by atomic mass is 16.5. The number of nitrogens with zero attached hydrogens (tertiary/aromatic N) is 1. The number of amides is 2. The number of hydrogen-bond acceptors (Lipinski definition) is 3. The van der Waals surface area contributed by atoms with Crippen LogP contribution in [-0.2, 0) is 4.79 Å². The number of ether oxygens (including phenoxy) is 1. The zero-order chi connectivity index (χ0) is 14.4. The van der Waals surface area contributed by atoms with Gasteiger partial charge in [0.2, 0.25) is 0 Å². The van der Waals surface area contributed by atoms with Gasteiger partial charge >= 0.3 is 12.0 Å². The topological polar surface area (TPSA) is 78.9 Å². The number of rotatable bonds is 5. The lowest BCUT2D eigenvalue weighted by molar-refractivity contribution is -0.140. The van der Waals surface area contributed by atoms with Crippen LogP contribution in [-0.4, -0.2) is 37.8 Å². The number of carboxylic acid groups (broad SMARTS) is 1. The van der Waals surface area contributed by atoms with Crippen LogP contribution < -0.4 is 15.0 Å². The molecule has 2 N–H and O–H groups in total. The molecule has 0 aliphatic carbocycles. The van der Waals surface area contributed by atoms with Gasteiger partial charge in [-0.2, -0.15) is 0 Å². The third kappa shape index (κ3) is 4.17. The SMILES string of the molecule is COc1ccc(N(C)C(=O)NCC(C)C(=O)O)cc1. The molecule has 0 bridgehead atoms. The lowest BCUT2D eigenvalue weighted by Gasteiger charge is -2.19. The van der Waals surface area contributed by atoms with Crippen molar-refractivity contribution in [2.45, 2.75) is 6.92 Å². The maximum absolute atomic E-state index is 11.8. The molecular weight excluding hydrogens is 248 g/mol. The molecule has 6 heteroatoms. The van der Waals surface area contributed by atoms with E-state index in [1.54, 1.807) is 38.4 Å². The van der Waals surface area contributed by atoms with Crippen LogP contribution in [0.4, 0.5) is 10.5 Å². The van der Waals surface area contributed by atoms with Crippen molar-refractivity contribution in [2.24, 2.45) is 5.92 Å². The molecule has 6 nitrogen and oxygen atoms in total. The normalized spacial score (nSPS) is 11.5. The lowest BCUT2D eigenvalue weighted by atomic mass is 10.2. The minimum Gasteiger partial charge on any atom is -0.497 e. The fraction of sp³-hybridized carbons (Fsp3) is 0.385. The van der Waals surface area contributed by atoms with Gasteiger partial charge in [-0.15, -0.1) is 0 Å². The van der Waals surface area contributed by atoms with Gasteiger partial charge in [0.05, 0.1) is 13.0 Å². The molecule has 0 aliphatic heterocycles. The van der Waals surface area contributed by atoms with Crippen LogP contribution in [0.5, 0.6) is 5.75 Å². The number of aliphatic carboxylic acids is 1. The number of carboxylic acids is 1. The molecule has 104 valence electrons. The molecule has 0 radical (unpaired) electrons. The van der Waals surface area contributed by atoms with Crippen molar-refractivity contribution in [2.75, 3.05) is 25.6 Å². The van der Waals surface area contributed by atoms with Gasteiger partial charge in [0.1, 0.15) is 5.75 Å². The second-order valence-electron chi connectivity index (χ2n) is 4.18. The van der Waals surface area contributed by atoms with Crippen LogP contribution in [0.3, 0.4) is 0 Å². The molecular formula is C13H18N2O4. The minimum atomic E-state index is -0.938. The summed E-state index contributed by atoms with van der Waals surface area (Å²) >= 11 is 0. The number of benzene rings is 1. The van der Waals surface area contributed by atoms with Gasteiger partial charge in [0, 0.05) is 19.3 Å². The van der Waals surface area contributed by atoms with Crippen LogP contribution >= 0.6 is 0 Å². The third-order valence-electron chi connectivity index (χ3n) is 2.75. The van der Waals surface area contributed by atoms with E-state index in [1.807, 2.05) is 0 Å². The second-order valence-corrected chi connectivity index (χ2v) is 4.18. The van der Waals surface area contributed by atoms with E-state index in [1.165, 1.54) is 11.8 Å². The zero-order valence-electron chi connectivity index (χ0n) is 11.2. The molecule has 1 unspecified atom stereocenters. The van der Waals surface area contributed by atoms with Crippen LogP contribution in [0.15, 0.2) is 24.3 Å². The maximum Gasteiger partial charge on any atom is 0.321 e. The van der Waals surface area contributed by atoms with Gasteiger partial charge in [0.15, 0.2) is 0 Å². The first-order valence-electron chi connectivity index (χ1n) is 5.84. The Labute approximate surface area is 112 Å². The Balaban J connectivity index is 2.58. The van der Waals surface area contributed by atoms with E-state index in [9.17, 15) is 9.59 Å². The van der Waals surface area contributed by atoms with E-state index in [-0.39, 0.29) is 12.6 Å². The number of carbonyl (C=O) groups excluding carboxylic acids is 1. The van der Waals surface area contributed by atoms with E-state index in [2.05, 4.69) is 5.32 Å². The number of anilines is 1. The molecule has 0 heterocycles. The van der Waals surface area contributed by atoms with E-state index in [4.69, 9.17) is 9.84 Å². The van der Waals surface area contributed by atoms with Gasteiger partial charge in [-0.1, -0.05) is 6.92 Å². The number of hydrogen-bond donors (Lipinski definition) is 2. The van der Waals surface area contributed by atoms with Crippen molar-refractivity contribution in [1.82, 2.24) is 5.32 Å². The first-order chi connectivity index (χ1) is 8.95. The van der Waals surface area contributed by atoms with Crippen molar-refractivity contribution in [3.63, 3.8) is 0 Å². The van der Waals surface area contributed by atoms with Crippen molar-refractivity contribution < 1.29 is 19.4 Å². The number of urea groups is 1. The molecule has 2 amide bonds. The Morgan fingerprint density at radius 2 is 1.95 bits per heavy atom. The fourth-order valence-electron chi connectivity index (χ4n) is 1.37. The largest absolute Gasteiger partial charge is 0.497 e. The molecule has 0 aromatic heterocycles. The van der Waals surface area contributed by atoms with Crippen LogP contribution in [0, 0.1) is 5.92 Å². The second kappa shape index (κ2) is 6.63. The quantitative estimate of drug-likeness (QED) is 0.847. The summed E-state index contributed by atoms with van der Waals surface area (Å²) in [6.07, 6.45) is 0. The van der Waals surface area contributed by atoms with Gasteiger partial charge in [-0.25, -0.2) is 4.79 Å². The zero-order valence-corrected chi connectivity index (χ0v) is 11.2. The molecule has 0 aliphatic rings. The van der Waals surface area contributed by atoms with E-state index in [0.29, 0.717) is 11.4 Å². The summed E-state index contributed by atoms with van der Waals surface area (Å²) < 4.78 is 5.03. The van der Waals surface area contributed by atoms with Gasteiger partial charge in [-0.05, 0) is 24.3 Å². The maximum atomic E-state index is 11.8.